The average molecular weight is 338 g/mol. The molecule has 4 nitrogen and oxygen atoms in total. The van der Waals surface area contributed by atoms with Gasteiger partial charge in [0.05, 0.1) is 11.6 Å². The Morgan fingerprint density at radius 2 is 2.60 bits per heavy atom. The van der Waals surface area contributed by atoms with Crippen LogP contribution in [0.25, 0.3) is 0 Å². The lowest BCUT2D eigenvalue weighted by Gasteiger charge is -2.03. The second-order valence-corrected chi connectivity index (χ2v) is 5.00. The van der Waals surface area contributed by atoms with E-state index in [-0.39, 0.29) is 12.2 Å². The standard InChI is InChI=1S/C9H11IN2O2S/c1-2-14-9(13)7(4-11)8-12-5-6(3-10)15-8/h6,12H,2-3,5H2,1H3. The van der Waals surface area contributed by atoms with Crippen LogP contribution in [0.4, 0.5) is 0 Å². The van der Waals surface area contributed by atoms with Gasteiger partial charge in [-0.15, -0.1) is 11.8 Å². The van der Waals surface area contributed by atoms with Gasteiger partial charge in [-0.2, -0.15) is 5.26 Å². The maximum Gasteiger partial charge on any atom is 0.351 e. The number of ether oxygens (including phenoxy) is 1. The van der Waals surface area contributed by atoms with E-state index in [1.807, 2.05) is 6.07 Å². The number of esters is 1. The molecule has 1 unspecified atom stereocenters. The number of hydrogen-bond donors (Lipinski definition) is 1. The minimum absolute atomic E-state index is 0.0919. The van der Waals surface area contributed by atoms with E-state index in [0.717, 1.165) is 11.0 Å². The van der Waals surface area contributed by atoms with Crippen molar-refractivity contribution in [2.24, 2.45) is 0 Å². The zero-order valence-electron chi connectivity index (χ0n) is 8.25. The number of thioether (sulfide) groups is 1. The summed E-state index contributed by atoms with van der Waals surface area (Å²) in [6, 6.07) is 1.89. The Morgan fingerprint density at radius 3 is 3.07 bits per heavy atom. The summed E-state index contributed by atoms with van der Waals surface area (Å²) < 4.78 is 5.79. The van der Waals surface area contributed by atoms with Crippen LogP contribution >= 0.6 is 34.4 Å². The number of nitriles is 1. The fraction of sp³-hybridized carbons (Fsp3) is 0.556. The van der Waals surface area contributed by atoms with Gasteiger partial charge < -0.3 is 10.1 Å². The predicted molar refractivity (Wildman–Crippen MR) is 67.5 cm³/mol. The summed E-state index contributed by atoms with van der Waals surface area (Å²) in [5.74, 6) is -0.538. The molecule has 1 rings (SSSR count). The first-order valence-electron chi connectivity index (χ1n) is 4.50. The van der Waals surface area contributed by atoms with E-state index in [2.05, 4.69) is 27.9 Å². The Hall–Kier alpha value is -0.420. The van der Waals surface area contributed by atoms with Crippen LogP contribution in [0.1, 0.15) is 6.92 Å². The van der Waals surface area contributed by atoms with Crippen LogP contribution < -0.4 is 5.32 Å². The zero-order chi connectivity index (χ0) is 11.3. The van der Waals surface area contributed by atoms with Crippen molar-refractivity contribution < 1.29 is 9.53 Å². The summed E-state index contributed by atoms with van der Waals surface area (Å²) in [4.78, 5) is 11.4. The number of alkyl halides is 1. The van der Waals surface area contributed by atoms with E-state index in [0.29, 0.717) is 10.3 Å². The number of rotatable bonds is 3. The lowest BCUT2D eigenvalue weighted by atomic mass is 10.3. The summed E-state index contributed by atoms with van der Waals surface area (Å²) in [7, 11) is 0. The third-order valence-electron chi connectivity index (χ3n) is 1.77. The van der Waals surface area contributed by atoms with Crippen molar-refractivity contribution >= 4 is 40.3 Å². The Labute approximate surface area is 107 Å². The molecule has 1 saturated heterocycles. The average Bonchev–Trinajstić information content (AvgIpc) is 2.68. The molecule has 1 aliphatic rings. The molecule has 0 aromatic carbocycles. The largest absolute Gasteiger partial charge is 0.462 e. The molecule has 0 spiro atoms. The summed E-state index contributed by atoms with van der Waals surface area (Å²) in [6.07, 6.45) is 0. The third kappa shape index (κ3) is 3.28. The molecule has 1 fully saturated rings. The second-order valence-electron chi connectivity index (χ2n) is 2.81. The maximum absolute atomic E-state index is 11.4. The van der Waals surface area contributed by atoms with E-state index < -0.39 is 5.97 Å². The van der Waals surface area contributed by atoms with E-state index in [1.54, 1.807) is 6.92 Å². The van der Waals surface area contributed by atoms with Crippen molar-refractivity contribution in [3.8, 4) is 6.07 Å². The summed E-state index contributed by atoms with van der Waals surface area (Å²) in [6.45, 7) is 2.81. The molecular formula is C9H11IN2O2S. The molecule has 0 radical (unpaired) electrons. The van der Waals surface area contributed by atoms with Crippen LogP contribution in [-0.2, 0) is 9.53 Å². The minimum atomic E-state index is -0.538. The molecule has 0 bridgehead atoms. The van der Waals surface area contributed by atoms with Crippen molar-refractivity contribution in [3.05, 3.63) is 10.6 Å². The lowest BCUT2D eigenvalue weighted by molar-refractivity contribution is -0.138. The van der Waals surface area contributed by atoms with E-state index in [9.17, 15) is 4.79 Å². The zero-order valence-corrected chi connectivity index (χ0v) is 11.2. The van der Waals surface area contributed by atoms with Crippen molar-refractivity contribution in [3.63, 3.8) is 0 Å². The molecule has 1 heterocycles. The normalized spacial score (nSPS) is 22.9. The van der Waals surface area contributed by atoms with Gasteiger partial charge in [-0.05, 0) is 6.92 Å². The Balaban J connectivity index is 2.78. The first kappa shape index (κ1) is 12.6. The number of nitrogens with zero attached hydrogens (tertiary/aromatic N) is 1. The van der Waals surface area contributed by atoms with Crippen LogP contribution in [0.15, 0.2) is 10.6 Å². The summed E-state index contributed by atoms with van der Waals surface area (Å²) in [5.41, 5.74) is 0.0919. The summed E-state index contributed by atoms with van der Waals surface area (Å²) in [5, 5.41) is 13.0. The van der Waals surface area contributed by atoms with Crippen LogP contribution in [0.3, 0.4) is 0 Å². The maximum atomic E-state index is 11.4. The third-order valence-corrected chi connectivity index (χ3v) is 4.68. The topological polar surface area (TPSA) is 62.1 Å². The summed E-state index contributed by atoms with van der Waals surface area (Å²) >= 11 is 3.82. The van der Waals surface area contributed by atoms with Crippen LogP contribution in [0.2, 0.25) is 0 Å². The fourth-order valence-corrected chi connectivity index (χ4v) is 2.91. The molecule has 1 aliphatic heterocycles. The van der Waals surface area contributed by atoms with Gasteiger partial charge in [0.25, 0.3) is 0 Å². The van der Waals surface area contributed by atoms with Gasteiger partial charge in [0.1, 0.15) is 6.07 Å². The highest BCUT2D eigenvalue weighted by Crippen LogP contribution is 2.29. The SMILES string of the molecule is CCOC(=O)C(C#N)=C1NCC(CI)S1. The molecule has 0 amide bonds. The second kappa shape index (κ2) is 6.23. The van der Waals surface area contributed by atoms with Crippen LogP contribution in [0.5, 0.6) is 0 Å². The molecule has 1 N–H and O–H groups in total. The van der Waals surface area contributed by atoms with Gasteiger partial charge in [-0.3, -0.25) is 0 Å². The van der Waals surface area contributed by atoms with Gasteiger partial charge in [-0.25, -0.2) is 4.79 Å². The van der Waals surface area contributed by atoms with Gasteiger partial charge in [0.2, 0.25) is 0 Å². The Kier molecular flexibility index (Phi) is 5.25. The quantitative estimate of drug-likeness (QED) is 0.277. The molecule has 6 heteroatoms. The van der Waals surface area contributed by atoms with E-state index in [4.69, 9.17) is 10.00 Å². The molecular weight excluding hydrogens is 327 g/mol. The highest BCUT2D eigenvalue weighted by Gasteiger charge is 2.25. The number of hydrogen-bond acceptors (Lipinski definition) is 5. The van der Waals surface area contributed by atoms with E-state index >= 15 is 0 Å². The predicted octanol–water partition coefficient (Wildman–Crippen LogP) is 1.42. The Morgan fingerprint density at radius 1 is 1.87 bits per heavy atom. The number of halogens is 1. The van der Waals surface area contributed by atoms with Crippen molar-refractivity contribution in [1.29, 1.82) is 5.26 Å². The molecule has 0 saturated carbocycles. The first-order chi connectivity index (χ1) is 7.22. The first-order valence-corrected chi connectivity index (χ1v) is 6.91. The van der Waals surface area contributed by atoms with Gasteiger partial charge in [0.15, 0.2) is 5.57 Å². The lowest BCUT2D eigenvalue weighted by Crippen LogP contribution is -2.15. The molecule has 1 atom stereocenters. The number of nitrogens with one attached hydrogen (secondary N) is 1. The smallest absolute Gasteiger partial charge is 0.351 e. The van der Waals surface area contributed by atoms with Crippen LogP contribution in [0, 0.1) is 11.3 Å². The van der Waals surface area contributed by atoms with Crippen molar-refractivity contribution in [2.45, 2.75) is 12.2 Å². The van der Waals surface area contributed by atoms with Crippen molar-refractivity contribution in [1.82, 2.24) is 5.32 Å². The molecule has 0 aromatic rings. The van der Waals surface area contributed by atoms with E-state index in [1.165, 1.54) is 11.8 Å². The molecule has 15 heavy (non-hydrogen) atoms. The molecule has 0 aromatic heterocycles. The highest BCUT2D eigenvalue weighted by molar-refractivity contribution is 14.1. The Bertz CT molecular complexity index is 325. The highest BCUT2D eigenvalue weighted by atomic mass is 127. The fourth-order valence-electron chi connectivity index (χ4n) is 1.08. The van der Waals surface area contributed by atoms with Gasteiger partial charge in [0, 0.05) is 16.2 Å². The number of carbonyl (C=O) groups excluding carboxylic acids is 1. The number of carbonyl (C=O) groups is 1. The monoisotopic (exact) mass is 338 g/mol. The molecule has 82 valence electrons. The van der Waals surface area contributed by atoms with Crippen molar-refractivity contribution in [2.75, 3.05) is 17.6 Å². The van der Waals surface area contributed by atoms with Gasteiger partial charge in [-0.1, -0.05) is 22.6 Å². The molecule has 0 aliphatic carbocycles. The van der Waals surface area contributed by atoms with Gasteiger partial charge >= 0.3 is 5.97 Å². The minimum Gasteiger partial charge on any atom is -0.462 e. The van der Waals surface area contributed by atoms with Crippen LogP contribution in [-0.4, -0.2) is 28.8 Å².